The number of halogens is 1. The van der Waals surface area contributed by atoms with Gasteiger partial charge in [-0.15, -0.1) is 0 Å². The van der Waals surface area contributed by atoms with Crippen LogP contribution in [0.4, 0.5) is 5.69 Å². The average Bonchev–Trinajstić information content (AvgIpc) is 3.12. The molecule has 1 heterocycles. The van der Waals surface area contributed by atoms with Crippen molar-refractivity contribution in [3.63, 3.8) is 0 Å². The lowest BCUT2D eigenvalue weighted by Gasteiger charge is -2.09. The van der Waals surface area contributed by atoms with Crippen LogP contribution in [0.3, 0.4) is 0 Å². The number of nitrogens with zero attached hydrogens (tertiary/aromatic N) is 1. The zero-order chi connectivity index (χ0) is 22.1. The van der Waals surface area contributed by atoms with Gasteiger partial charge in [-0.25, -0.2) is 4.98 Å². The molecule has 0 spiro atoms. The van der Waals surface area contributed by atoms with E-state index in [0.717, 1.165) is 16.6 Å². The molecule has 2 N–H and O–H groups in total. The summed E-state index contributed by atoms with van der Waals surface area (Å²) >= 11 is 6.16. The van der Waals surface area contributed by atoms with Crippen LogP contribution in [-0.4, -0.2) is 22.6 Å². The van der Waals surface area contributed by atoms with Crippen molar-refractivity contribution in [1.29, 1.82) is 0 Å². The molecule has 0 aliphatic carbocycles. The molecule has 31 heavy (non-hydrogen) atoms. The number of aryl methyl sites for hydroxylation is 2. The number of aromatic hydroxyl groups is 1. The lowest BCUT2D eigenvalue weighted by Crippen LogP contribution is -2.12. The number of anilines is 1. The largest absolute Gasteiger partial charge is 0.507 e. The van der Waals surface area contributed by atoms with Gasteiger partial charge in [-0.2, -0.15) is 0 Å². The monoisotopic (exact) mass is 436 g/mol. The minimum Gasteiger partial charge on any atom is -0.507 e. The first-order valence-electron chi connectivity index (χ1n) is 9.80. The van der Waals surface area contributed by atoms with E-state index < -0.39 is 0 Å². The van der Waals surface area contributed by atoms with Gasteiger partial charge in [0.2, 0.25) is 5.89 Å². The van der Waals surface area contributed by atoms with E-state index in [9.17, 15) is 9.90 Å². The van der Waals surface area contributed by atoms with E-state index in [2.05, 4.69) is 10.3 Å². The summed E-state index contributed by atoms with van der Waals surface area (Å²) in [5.74, 6) is 0.424. The third-order valence-electron chi connectivity index (χ3n) is 4.98. The molecule has 0 atom stereocenters. The van der Waals surface area contributed by atoms with Crippen LogP contribution in [0.25, 0.3) is 22.6 Å². The summed E-state index contributed by atoms with van der Waals surface area (Å²) in [4.78, 5) is 17.0. The van der Waals surface area contributed by atoms with E-state index in [1.54, 1.807) is 30.3 Å². The maximum Gasteiger partial charge on any atom is 0.255 e. The standard InChI is InChI=1S/C24H21ClN2O4/c1-4-30-21-8-5-15(11-18(21)25)23(29)26-16-6-7-17(20(28)12-16)24-27-19-9-13(2)14(3)10-22(19)31-24/h5-12,28H,4H2,1-3H3,(H,26,29). The Kier molecular flexibility index (Phi) is 5.57. The Morgan fingerprint density at radius 3 is 2.61 bits per heavy atom. The first kappa shape index (κ1) is 20.8. The van der Waals surface area contributed by atoms with Crippen LogP contribution in [0.2, 0.25) is 5.02 Å². The second kappa shape index (κ2) is 8.32. The highest BCUT2D eigenvalue weighted by Gasteiger charge is 2.15. The van der Waals surface area contributed by atoms with Crippen molar-refractivity contribution in [2.24, 2.45) is 0 Å². The Labute approximate surface area is 184 Å². The smallest absolute Gasteiger partial charge is 0.255 e. The summed E-state index contributed by atoms with van der Waals surface area (Å²) in [6.45, 7) is 6.35. The molecule has 0 saturated carbocycles. The first-order chi connectivity index (χ1) is 14.9. The molecule has 4 rings (SSSR count). The van der Waals surface area contributed by atoms with E-state index >= 15 is 0 Å². The van der Waals surface area contributed by atoms with Crippen molar-refractivity contribution in [3.8, 4) is 23.0 Å². The third-order valence-corrected chi connectivity index (χ3v) is 5.28. The Morgan fingerprint density at radius 2 is 1.90 bits per heavy atom. The number of amides is 1. The first-order valence-corrected chi connectivity index (χ1v) is 10.2. The quantitative estimate of drug-likeness (QED) is 0.393. The van der Waals surface area contributed by atoms with Gasteiger partial charge in [0.05, 0.1) is 17.2 Å². The fraction of sp³-hybridized carbons (Fsp3) is 0.167. The van der Waals surface area contributed by atoms with Crippen LogP contribution >= 0.6 is 11.6 Å². The highest BCUT2D eigenvalue weighted by Crippen LogP contribution is 2.34. The number of nitrogens with one attached hydrogen (secondary N) is 1. The van der Waals surface area contributed by atoms with Gasteiger partial charge >= 0.3 is 0 Å². The lowest BCUT2D eigenvalue weighted by molar-refractivity contribution is 0.102. The number of carbonyl (C=O) groups is 1. The topological polar surface area (TPSA) is 84.6 Å². The van der Waals surface area contributed by atoms with Crippen molar-refractivity contribution >= 4 is 34.3 Å². The molecule has 0 fully saturated rings. The molecule has 1 amide bonds. The minimum absolute atomic E-state index is 0.0532. The number of hydrogen-bond acceptors (Lipinski definition) is 5. The van der Waals surface area contributed by atoms with E-state index in [4.69, 9.17) is 20.8 Å². The molecular formula is C24H21ClN2O4. The van der Waals surface area contributed by atoms with Crippen LogP contribution in [0.1, 0.15) is 28.4 Å². The van der Waals surface area contributed by atoms with Gasteiger partial charge in [0, 0.05) is 17.3 Å². The highest BCUT2D eigenvalue weighted by atomic mass is 35.5. The number of phenolic OH excluding ortho intramolecular Hbond substituents is 1. The van der Waals surface area contributed by atoms with E-state index in [0.29, 0.717) is 45.7 Å². The highest BCUT2D eigenvalue weighted by molar-refractivity contribution is 6.32. The third kappa shape index (κ3) is 4.20. The van der Waals surface area contributed by atoms with Crippen LogP contribution in [0.5, 0.6) is 11.5 Å². The average molecular weight is 437 g/mol. The van der Waals surface area contributed by atoms with E-state index in [-0.39, 0.29) is 11.7 Å². The predicted molar refractivity (Wildman–Crippen MR) is 121 cm³/mol. The number of oxazole rings is 1. The SMILES string of the molecule is CCOc1ccc(C(=O)Nc2ccc(-c3nc4cc(C)c(C)cc4o3)c(O)c2)cc1Cl. The maximum atomic E-state index is 12.6. The second-order valence-electron chi connectivity index (χ2n) is 7.19. The van der Waals surface area contributed by atoms with Crippen molar-refractivity contribution < 1.29 is 19.1 Å². The molecule has 3 aromatic carbocycles. The summed E-state index contributed by atoms with van der Waals surface area (Å²) in [7, 11) is 0. The Balaban J connectivity index is 1.56. The number of fused-ring (bicyclic) bond motifs is 1. The van der Waals surface area contributed by atoms with Gasteiger partial charge < -0.3 is 19.6 Å². The Morgan fingerprint density at radius 1 is 1.13 bits per heavy atom. The van der Waals surface area contributed by atoms with E-state index in [1.807, 2.05) is 32.9 Å². The van der Waals surface area contributed by atoms with Gasteiger partial charge in [0.1, 0.15) is 17.0 Å². The molecule has 0 bridgehead atoms. The van der Waals surface area contributed by atoms with Crippen LogP contribution in [0.15, 0.2) is 52.9 Å². The van der Waals surface area contributed by atoms with Gasteiger partial charge in [-0.1, -0.05) is 11.6 Å². The summed E-state index contributed by atoms with van der Waals surface area (Å²) < 4.78 is 11.2. The van der Waals surface area contributed by atoms with Gasteiger partial charge in [0.25, 0.3) is 5.91 Å². The zero-order valence-corrected chi connectivity index (χ0v) is 18.1. The molecule has 0 aliphatic heterocycles. The number of ether oxygens (including phenoxy) is 1. The lowest BCUT2D eigenvalue weighted by atomic mass is 10.1. The van der Waals surface area contributed by atoms with Gasteiger partial charge in [0.15, 0.2) is 5.58 Å². The van der Waals surface area contributed by atoms with Crippen molar-refractivity contribution in [1.82, 2.24) is 4.98 Å². The fourth-order valence-electron chi connectivity index (χ4n) is 3.20. The molecule has 1 aromatic heterocycles. The summed E-state index contributed by atoms with van der Waals surface area (Å²) in [5.41, 5.74) is 4.84. The number of rotatable bonds is 5. The molecule has 0 radical (unpaired) electrons. The maximum absolute atomic E-state index is 12.6. The molecule has 158 valence electrons. The van der Waals surface area contributed by atoms with E-state index in [1.165, 1.54) is 6.07 Å². The molecule has 0 aliphatic rings. The number of aromatic nitrogens is 1. The van der Waals surface area contributed by atoms with Crippen LogP contribution < -0.4 is 10.1 Å². The Hall–Kier alpha value is -3.51. The minimum atomic E-state index is -0.357. The fourth-order valence-corrected chi connectivity index (χ4v) is 3.44. The summed E-state index contributed by atoms with van der Waals surface area (Å²) in [6.07, 6.45) is 0. The number of phenols is 1. The van der Waals surface area contributed by atoms with Crippen LogP contribution in [-0.2, 0) is 0 Å². The van der Waals surface area contributed by atoms with Crippen LogP contribution in [0, 0.1) is 13.8 Å². The number of carbonyl (C=O) groups excluding carboxylic acids is 1. The van der Waals surface area contributed by atoms with Crippen molar-refractivity contribution in [3.05, 3.63) is 70.2 Å². The van der Waals surface area contributed by atoms with Crippen molar-refractivity contribution in [2.75, 3.05) is 11.9 Å². The molecule has 0 unspecified atom stereocenters. The Bertz CT molecular complexity index is 1260. The normalized spacial score (nSPS) is 11.0. The summed E-state index contributed by atoms with van der Waals surface area (Å²) in [6, 6.07) is 13.5. The van der Waals surface area contributed by atoms with Gasteiger partial charge in [-0.05, 0) is 74.4 Å². The number of benzene rings is 3. The summed E-state index contributed by atoms with van der Waals surface area (Å²) in [5, 5.41) is 13.6. The predicted octanol–water partition coefficient (Wildman–Crippen LogP) is 6.12. The van der Waals surface area contributed by atoms with Crippen molar-refractivity contribution in [2.45, 2.75) is 20.8 Å². The molecule has 7 heteroatoms. The second-order valence-corrected chi connectivity index (χ2v) is 7.59. The molecule has 0 saturated heterocycles. The number of hydrogen-bond donors (Lipinski definition) is 2. The molecule has 4 aromatic rings. The molecular weight excluding hydrogens is 416 g/mol. The zero-order valence-electron chi connectivity index (χ0n) is 17.3. The molecule has 6 nitrogen and oxygen atoms in total. The van der Waals surface area contributed by atoms with Gasteiger partial charge in [-0.3, -0.25) is 4.79 Å².